The van der Waals surface area contributed by atoms with Crippen molar-refractivity contribution in [3.8, 4) is 16.9 Å². The van der Waals surface area contributed by atoms with E-state index in [0.29, 0.717) is 0 Å². The van der Waals surface area contributed by atoms with Gasteiger partial charge in [0.2, 0.25) is 0 Å². The van der Waals surface area contributed by atoms with Crippen LogP contribution in [0.5, 0.6) is 5.75 Å². The van der Waals surface area contributed by atoms with Crippen LogP contribution in [0.2, 0.25) is 0 Å². The van der Waals surface area contributed by atoms with Gasteiger partial charge in [-0.3, -0.25) is 0 Å². The van der Waals surface area contributed by atoms with Crippen molar-refractivity contribution in [2.75, 3.05) is 0 Å². The highest BCUT2D eigenvalue weighted by Gasteiger charge is 2.17. The van der Waals surface area contributed by atoms with Gasteiger partial charge >= 0.3 is 0 Å². The molecule has 0 aliphatic rings. The first-order chi connectivity index (χ1) is 10.2. The Morgan fingerprint density at radius 1 is 0.727 bits per heavy atom. The van der Waals surface area contributed by atoms with Gasteiger partial charge in [-0.1, -0.05) is 57.2 Å². The van der Waals surface area contributed by atoms with E-state index >= 15 is 0 Å². The van der Waals surface area contributed by atoms with Gasteiger partial charge < -0.3 is 4.74 Å². The molecule has 0 saturated carbocycles. The lowest BCUT2D eigenvalue weighted by molar-refractivity contribution is 0.131. The van der Waals surface area contributed by atoms with Crippen LogP contribution < -0.4 is 4.74 Å². The van der Waals surface area contributed by atoms with Crippen molar-refractivity contribution in [1.29, 1.82) is 0 Å². The topological polar surface area (TPSA) is 9.23 Å². The van der Waals surface area contributed by atoms with Gasteiger partial charge in [-0.2, -0.15) is 0 Å². The Bertz CT molecular complexity index is 598. The number of rotatable bonds is 4. The summed E-state index contributed by atoms with van der Waals surface area (Å²) in [6, 6.07) is 17.3. The maximum absolute atomic E-state index is 5.87. The molecule has 0 fully saturated rings. The second kappa shape index (κ2) is 6.16. The second-order valence-corrected chi connectivity index (χ2v) is 7.55. The fourth-order valence-electron chi connectivity index (χ4n) is 2.39. The molecule has 0 aliphatic heterocycles. The molecule has 0 bridgehead atoms. The zero-order valence-electron chi connectivity index (χ0n) is 14.7. The molecular formula is C21H28O. The minimum atomic E-state index is -0.158. The number of benzene rings is 2. The molecule has 0 spiro atoms. The van der Waals surface area contributed by atoms with Crippen LogP contribution in [-0.4, -0.2) is 5.60 Å². The van der Waals surface area contributed by atoms with Gasteiger partial charge in [0.1, 0.15) is 11.4 Å². The van der Waals surface area contributed by atoms with E-state index in [2.05, 4.69) is 77.9 Å². The summed E-state index contributed by atoms with van der Waals surface area (Å²) in [5, 5.41) is 0. The Morgan fingerprint density at radius 3 is 1.59 bits per heavy atom. The van der Waals surface area contributed by atoms with E-state index < -0.39 is 0 Å². The normalized spacial score (nSPS) is 12.3. The van der Waals surface area contributed by atoms with Crippen LogP contribution in [0.15, 0.2) is 48.5 Å². The van der Waals surface area contributed by atoms with Gasteiger partial charge in [-0.15, -0.1) is 0 Å². The second-order valence-electron chi connectivity index (χ2n) is 7.55. The Labute approximate surface area is 135 Å². The van der Waals surface area contributed by atoms with Crippen molar-refractivity contribution in [3.05, 3.63) is 54.1 Å². The Balaban J connectivity index is 2.19. The summed E-state index contributed by atoms with van der Waals surface area (Å²) in [5.74, 6) is 0.917. The van der Waals surface area contributed by atoms with Crippen LogP contribution in [0.25, 0.3) is 11.1 Å². The van der Waals surface area contributed by atoms with Gasteiger partial charge in [0.25, 0.3) is 0 Å². The van der Waals surface area contributed by atoms with Crippen molar-refractivity contribution >= 4 is 0 Å². The van der Waals surface area contributed by atoms with Gasteiger partial charge in [0.05, 0.1) is 0 Å². The molecule has 22 heavy (non-hydrogen) atoms. The van der Waals surface area contributed by atoms with Crippen LogP contribution in [0.4, 0.5) is 0 Å². The highest BCUT2D eigenvalue weighted by Crippen LogP contribution is 2.30. The third-order valence-corrected chi connectivity index (χ3v) is 4.16. The Kier molecular flexibility index (Phi) is 4.65. The van der Waals surface area contributed by atoms with Crippen LogP contribution in [-0.2, 0) is 5.41 Å². The van der Waals surface area contributed by atoms with Crippen molar-refractivity contribution in [2.45, 2.75) is 59.0 Å². The van der Waals surface area contributed by atoms with Crippen molar-refractivity contribution < 1.29 is 4.74 Å². The van der Waals surface area contributed by atoms with E-state index in [0.717, 1.165) is 12.2 Å². The summed E-state index contributed by atoms with van der Waals surface area (Å²) in [7, 11) is 0. The largest absolute Gasteiger partial charge is 0.488 e. The lowest BCUT2D eigenvalue weighted by Crippen LogP contribution is -2.22. The number of ether oxygens (including phenoxy) is 1. The summed E-state index contributed by atoms with van der Waals surface area (Å²) in [6.07, 6.45) is 1.14. The molecular weight excluding hydrogens is 268 g/mol. The molecule has 0 saturated heterocycles. The Morgan fingerprint density at radius 2 is 1.18 bits per heavy atom. The van der Waals surface area contributed by atoms with E-state index in [-0.39, 0.29) is 11.0 Å². The summed E-state index contributed by atoms with van der Waals surface area (Å²) < 4.78 is 5.87. The van der Waals surface area contributed by atoms with E-state index in [9.17, 15) is 0 Å². The van der Waals surface area contributed by atoms with E-state index in [1.807, 2.05) is 12.1 Å². The number of hydrogen-bond donors (Lipinski definition) is 0. The Hall–Kier alpha value is -1.76. The summed E-state index contributed by atoms with van der Waals surface area (Å²) >= 11 is 0. The lowest BCUT2D eigenvalue weighted by Gasteiger charge is -2.23. The predicted octanol–water partition coefficient (Wildman–Crippen LogP) is 6.22. The van der Waals surface area contributed by atoms with E-state index in [1.165, 1.54) is 16.7 Å². The molecule has 0 radical (unpaired) electrons. The fraction of sp³-hybridized carbons (Fsp3) is 0.429. The van der Waals surface area contributed by atoms with Gasteiger partial charge in [0, 0.05) is 0 Å². The fourth-order valence-corrected chi connectivity index (χ4v) is 2.39. The minimum Gasteiger partial charge on any atom is -0.488 e. The summed E-state index contributed by atoms with van der Waals surface area (Å²) in [6.45, 7) is 13.0. The SMILES string of the molecule is CCC(C)(C)c1ccc(-c2ccc(OC(C)(C)C)cc2)cc1. The maximum atomic E-state index is 5.87. The van der Waals surface area contributed by atoms with Crippen molar-refractivity contribution in [1.82, 2.24) is 0 Å². The highest BCUT2D eigenvalue weighted by atomic mass is 16.5. The molecule has 0 unspecified atom stereocenters. The van der Waals surface area contributed by atoms with Crippen molar-refractivity contribution in [2.24, 2.45) is 0 Å². The summed E-state index contributed by atoms with van der Waals surface area (Å²) in [4.78, 5) is 0. The highest BCUT2D eigenvalue weighted by molar-refractivity contribution is 5.64. The predicted molar refractivity (Wildman–Crippen MR) is 95.6 cm³/mol. The van der Waals surface area contributed by atoms with Crippen LogP contribution in [0.1, 0.15) is 53.5 Å². The first-order valence-electron chi connectivity index (χ1n) is 8.11. The molecule has 118 valence electrons. The smallest absolute Gasteiger partial charge is 0.120 e. The minimum absolute atomic E-state index is 0.158. The first-order valence-corrected chi connectivity index (χ1v) is 8.11. The molecule has 2 aromatic carbocycles. The van der Waals surface area contributed by atoms with Gasteiger partial charge in [0.15, 0.2) is 0 Å². The standard InChI is InChI=1S/C21H28O/c1-7-21(5,6)18-12-8-16(9-13-18)17-10-14-19(15-11-17)22-20(2,3)4/h8-15H,7H2,1-6H3. The average molecular weight is 296 g/mol. The van der Waals surface area contributed by atoms with Crippen LogP contribution in [0.3, 0.4) is 0 Å². The van der Waals surface area contributed by atoms with Crippen LogP contribution in [0, 0.1) is 0 Å². The molecule has 2 aromatic rings. The molecule has 0 aliphatic carbocycles. The molecule has 1 heteroatoms. The summed E-state index contributed by atoms with van der Waals surface area (Å²) in [5.41, 5.74) is 3.95. The molecule has 0 aromatic heterocycles. The zero-order valence-corrected chi connectivity index (χ0v) is 14.7. The number of hydrogen-bond acceptors (Lipinski definition) is 1. The molecule has 0 N–H and O–H groups in total. The monoisotopic (exact) mass is 296 g/mol. The molecule has 0 amide bonds. The van der Waals surface area contributed by atoms with Crippen molar-refractivity contribution in [3.63, 3.8) is 0 Å². The van der Waals surface area contributed by atoms with E-state index in [1.54, 1.807) is 0 Å². The van der Waals surface area contributed by atoms with E-state index in [4.69, 9.17) is 4.74 Å². The molecule has 0 heterocycles. The maximum Gasteiger partial charge on any atom is 0.120 e. The molecule has 1 nitrogen and oxygen atoms in total. The third-order valence-electron chi connectivity index (χ3n) is 4.16. The molecule has 2 rings (SSSR count). The molecule has 0 atom stereocenters. The zero-order chi connectivity index (χ0) is 16.4. The third kappa shape index (κ3) is 4.13. The first kappa shape index (κ1) is 16.6. The lowest BCUT2D eigenvalue weighted by atomic mass is 9.82. The van der Waals surface area contributed by atoms with Gasteiger partial charge in [-0.25, -0.2) is 0 Å². The van der Waals surface area contributed by atoms with Gasteiger partial charge in [-0.05, 0) is 61.4 Å². The quantitative estimate of drug-likeness (QED) is 0.651. The average Bonchev–Trinajstić information content (AvgIpc) is 2.46. The van der Waals surface area contributed by atoms with Crippen LogP contribution >= 0.6 is 0 Å².